The zero-order valence-electron chi connectivity index (χ0n) is 11.1. The van der Waals surface area contributed by atoms with E-state index in [1.54, 1.807) is 6.92 Å². The van der Waals surface area contributed by atoms with E-state index in [1.807, 2.05) is 25.2 Å². The predicted molar refractivity (Wildman–Crippen MR) is 75.6 cm³/mol. The highest BCUT2D eigenvalue weighted by Gasteiger charge is 2.27. The highest BCUT2D eigenvalue weighted by molar-refractivity contribution is 6.31. The first-order valence-corrected chi connectivity index (χ1v) is 6.79. The summed E-state index contributed by atoms with van der Waals surface area (Å²) in [6.45, 7) is 2.84. The first kappa shape index (κ1) is 12.7. The van der Waals surface area contributed by atoms with E-state index in [-0.39, 0.29) is 11.7 Å². The van der Waals surface area contributed by atoms with Crippen molar-refractivity contribution in [3.63, 3.8) is 0 Å². The molecular formula is C15H16ClNO2. The Morgan fingerprint density at radius 3 is 3.05 bits per heavy atom. The molecule has 0 aliphatic carbocycles. The molecule has 1 atom stereocenters. The molecule has 19 heavy (non-hydrogen) atoms. The third-order valence-electron chi connectivity index (χ3n) is 3.83. The Morgan fingerprint density at radius 2 is 2.32 bits per heavy atom. The summed E-state index contributed by atoms with van der Waals surface area (Å²) in [6, 6.07) is 5.92. The van der Waals surface area contributed by atoms with Crippen LogP contribution in [0.5, 0.6) is 0 Å². The van der Waals surface area contributed by atoms with Crippen molar-refractivity contribution in [2.24, 2.45) is 7.05 Å². The number of fused-ring (bicyclic) bond motifs is 3. The number of halogens is 1. The van der Waals surface area contributed by atoms with Gasteiger partial charge >= 0.3 is 0 Å². The maximum Gasteiger partial charge on any atom is 0.130 e. The van der Waals surface area contributed by atoms with Gasteiger partial charge in [-0.2, -0.15) is 0 Å². The van der Waals surface area contributed by atoms with Crippen molar-refractivity contribution in [2.45, 2.75) is 25.9 Å². The van der Waals surface area contributed by atoms with Crippen LogP contribution in [0.1, 0.15) is 30.5 Å². The Morgan fingerprint density at radius 1 is 1.53 bits per heavy atom. The lowest BCUT2D eigenvalue weighted by Gasteiger charge is -2.23. The van der Waals surface area contributed by atoms with Gasteiger partial charge in [0.05, 0.1) is 13.2 Å². The van der Waals surface area contributed by atoms with Crippen molar-refractivity contribution in [1.82, 2.24) is 4.57 Å². The topological polar surface area (TPSA) is 31.2 Å². The van der Waals surface area contributed by atoms with Gasteiger partial charge in [-0.1, -0.05) is 11.6 Å². The summed E-state index contributed by atoms with van der Waals surface area (Å²) in [7, 11) is 2.04. The SMILES string of the molecule is CC(=O)CC1COCc2c1c1cc(Cl)ccc1n2C. The second-order valence-electron chi connectivity index (χ2n) is 5.20. The molecule has 1 unspecified atom stereocenters. The molecule has 0 spiro atoms. The standard InChI is InChI=1S/C15H16ClNO2/c1-9(18)5-10-7-19-8-14-15(10)12-6-11(16)3-4-13(12)17(14)2/h3-4,6,10H,5,7-8H2,1-2H3. The molecule has 0 saturated carbocycles. The molecule has 1 aromatic heterocycles. The number of carbonyl (C=O) groups excluding carboxylic acids is 1. The summed E-state index contributed by atoms with van der Waals surface area (Å²) in [5.74, 6) is 0.337. The monoisotopic (exact) mass is 277 g/mol. The zero-order chi connectivity index (χ0) is 13.6. The molecule has 2 aromatic rings. The molecule has 0 radical (unpaired) electrons. The number of hydrogen-bond donors (Lipinski definition) is 0. The number of hydrogen-bond acceptors (Lipinski definition) is 2. The van der Waals surface area contributed by atoms with Crippen LogP contribution in [0.4, 0.5) is 0 Å². The van der Waals surface area contributed by atoms with Crippen molar-refractivity contribution in [3.8, 4) is 0 Å². The van der Waals surface area contributed by atoms with Gasteiger partial charge in [0.2, 0.25) is 0 Å². The van der Waals surface area contributed by atoms with Gasteiger partial charge in [-0.05, 0) is 30.7 Å². The van der Waals surface area contributed by atoms with E-state index in [4.69, 9.17) is 16.3 Å². The number of ketones is 1. The fourth-order valence-electron chi connectivity index (χ4n) is 3.02. The van der Waals surface area contributed by atoms with Gasteiger partial charge in [0.1, 0.15) is 5.78 Å². The van der Waals surface area contributed by atoms with Crippen LogP contribution in [0.25, 0.3) is 10.9 Å². The first-order valence-electron chi connectivity index (χ1n) is 6.42. The van der Waals surface area contributed by atoms with Crippen LogP contribution in [0.3, 0.4) is 0 Å². The molecule has 0 N–H and O–H groups in total. The van der Waals surface area contributed by atoms with Crippen LogP contribution in [0.2, 0.25) is 5.02 Å². The molecule has 0 amide bonds. The minimum absolute atomic E-state index is 0.142. The predicted octanol–water partition coefficient (Wildman–Crippen LogP) is 3.42. The van der Waals surface area contributed by atoms with Crippen LogP contribution in [0, 0.1) is 0 Å². The van der Waals surface area contributed by atoms with E-state index in [0.717, 1.165) is 21.6 Å². The van der Waals surface area contributed by atoms with Gasteiger partial charge < -0.3 is 14.1 Å². The lowest BCUT2D eigenvalue weighted by Crippen LogP contribution is -2.19. The number of aryl methyl sites for hydroxylation is 1. The number of carbonyl (C=O) groups is 1. The highest BCUT2D eigenvalue weighted by Crippen LogP contribution is 2.38. The number of aromatic nitrogens is 1. The maximum absolute atomic E-state index is 11.4. The second kappa shape index (κ2) is 4.66. The maximum atomic E-state index is 11.4. The average molecular weight is 278 g/mol. The van der Waals surface area contributed by atoms with Gasteiger partial charge in [0.15, 0.2) is 0 Å². The summed E-state index contributed by atoms with van der Waals surface area (Å²) in [4.78, 5) is 11.4. The highest BCUT2D eigenvalue weighted by atomic mass is 35.5. The van der Waals surface area contributed by atoms with Gasteiger partial charge in [-0.25, -0.2) is 0 Å². The van der Waals surface area contributed by atoms with Crippen LogP contribution in [-0.4, -0.2) is 17.0 Å². The molecule has 1 aliphatic heterocycles. The molecule has 2 heterocycles. The molecule has 100 valence electrons. The Balaban J connectivity index is 2.23. The van der Waals surface area contributed by atoms with E-state index in [9.17, 15) is 4.79 Å². The fourth-order valence-corrected chi connectivity index (χ4v) is 3.19. The lowest BCUT2D eigenvalue weighted by atomic mass is 9.91. The number of Topliss-reactive ketones (excluding diaryl/α,β-unsaturated/α-hetero) is 1. The van der Waals surface area contributed by atoms with E-state index >= 15 is 0 Å². The summed E-state index contributed by atoms with van der Waals surface area (Å²) in [5.41, 5.74) is 3.55. The minimum Gasteiger partial charge on any atom is -0.375 e. The number of rotatable bonds is 2. The number of nitrogens with zero attached hydrogens (tertiary/aromatic N) is 1. The van der Waals surface area contributed by atoms with Crippen molar-refractivity contribution in [1.29, 1.82) is 0 Å². The number of benzene rings is 1. The first-order chi connectivity index (χ1) is 9.08. The minimum atomic E-state index is 0.142. The smallest absolute Gasteiger partial charge is 0.130 e. The fraction of sp³-hybridized carbons (Fsp3) is 0.400. The van der Waals surface area contributed by atoms with Crippen molar-refractivity contribution < 1.29 is 9.53 Å². The number of ether oxygens (including phenoxy) is 1. The third-order valence-corrected chi connectivity index (χ3v) is 4.06. The van der Waals surface area contributed by atoms with E-state index in [1.165, 1.54) is 5.56 Å². The molecule has 1 aliphatic rings. The van der Waals surface area contributed by atoms with Crippen LogP contribution >= 0.6 is 11.6 Å². The van der Waals surface area contributed by atoms with Crippen molar-refractivity contribution in [2.75, 3.05) is 6.61 Å². The Bertz CT molecular complexity index is 660. The van der Waals surface area contributed by atoms with Crippen LogP contribution in [0.15, 0.2) is 18.2 Å². The normalized spacial score (nSPS) is 18.6. The molecule has 3 nitrogen and oxygen atoms in total. The molecule has 0 bridgehead atoms. The van der Waals surface area contributed by atoms with Gasteiger partial charge in [0, 0.05) is 41.0 Å². The Hall–Kier alpha value is -1.32. The second-order valence-corrected chi connectivity index (χ2v) is 5.64. The van der Waals surface area contributed by atoms with Gasteiger partial charge in [-0.15, -0.1) is 0 Å². The Labute approximate surface area is 117 Å². The largest absolute Gasteiger partial charge is 0.375 e. The zero-order valence-corrected chi connectivity index (χ0v) is 11.8. The van der Waals surface area contributed by atoms with E-state index in [0.29, 0.717) is 19.6 Å². The summed E-state index contributed by atoms with van der Waals surface area (Å²) in [5, 5.41) is 1.88. The van der Waals surface area contributed by atoms with Crippen LogP contribution in [-0.2, 0) is 23.2 Å². The lowest BCUT2D eigenvalue weighted by molar-refractivity contribution is -0.117. The molecule has 0 saturated heterocycles. The van der Waals surface area contributed by atoms with Crippen molar-refractivity contribution in [3.05, 3.63) is 34.5 Å². The third kappa shape index (κ3) is 2.07. The quantitative estimate of drug-likeness (QED) is 0.842. The van der Waals surface area contributed by atoms with E-state index < -0.39 is 0 Å². The van der Waals surface area contributed by atoms with Crippen LogP contribution < -0.4 is 0 Å². The summed E-state index contributed by atoms with van der Waals surface area (Å²) in [6.07, 6.45) is 0.526. The van der Waals surface area contributed by atoms with Crippen molar-refractivity contribution >= 4 is 28.3 Å². The molecule has 3 rings (SSSR count). The summed E-state index contributed by atoms with van der Waals surface area (Å²) < 4.78 is 7.79. The molecule has 1 aromatic carbocycles. The van der Waals surface area contributed by atoms with E-state index in [2.05, 4.69) is 4.57 Å². The Kier molecular flexibility index (Phi) is 3.11. The average Bonchev–Trinajstić information content (AvgIpc) is 2.63. The summed E-state index contributed by atoms with van der Waals surface area (Å²) >= 11 is 6.12. The molecular weight excluding hydrogens is 262 g/mol. The molecule has 4 heteroatoms. The van der Waals surface area contributed by atoms with Gasteiger partial charge in [0.25, 0.3) is 0 Å². The van der Waals surface area contributed by atoms with Gasteiger partial charge in [-0.3, -0.25) is 0 Å². The molecule has 0 fully saturated rings.